The maximum absolute atomic E-state index is 12.0. The third kappa shape index (κ3) is 13.7. The van der Waals surface area contributed by atoms with Crippen LogP contribution in [0.4, 0.5) is 0 Å². The van der Waals surface area contributed by atoms with Crippen LogP contribution in [0.25, 0.3) is 0 Å². The fourth-order valence-corrected chi connectivity index (χ4v) is 1.85. The van der Waals surface area contributed by atoms with Crippen molar-refractivity contribution in [2.24, 2.45) is 17.4 Å². The molecule has 2 amide bonds. The number of rotatable bonds is 10. The predicted molar refractivity (Wildman–Crippen MR) is 106 cm³/mol. The number of carbonyl (C=O) groups excluding carboxylic acids is 3. The first-order chi connectivity index (χ1) is 9.29. The molecule has 0 rings (SSSR count). The quantitative estimate of drug-likeness (QED) is 0.370. The monoisotopic (exact) mass is 389 g/mol. The smallest absolute Gasteiger partial charge is 0.239 e. The molecule has 0 aromatic heterocycles. The fourth-order valence-electron chi connectivity index (χ4n) is 1.85. The molecule has 0 fully saturated rings. The first-order valence-corrected chi connectivity index (χ1v) is 6.76. The summed E-state index contributed by atoms with van der Waals surface area (Å²) in [6, 6.07) is -0.803. The molecule has 0 radical (unpaired) electrons. The van der Waals surface area contributed by atoms with E-state index >= 15 is 0 Å². The Hall–Kier alpha value is -0.420. The Morgan fingerprint density at radius 3 is 2.00 bits per heavy atom. The molecule has 0 aliphatic rings. The Morgan fingerprint density at radius 1 is 1.13 bits per heavy atom. The highest BCUT2D eigenvalue weighted by Crippen LogP contribution is 2.11. The number of nitrogens with one attached hydrogen (secondary N) is 1. The van der Waals surface area contributed by atoms with Crippen LogP contribution in [0.2, 0.25) is 0 Å². The van der Waals surface area contributed by atoms with Crippen LogP contribution < -0.4 is 16.8 Å². The van der Waals surface area contributed by atoms with Crippen LogP contribution in [0.15, 0.2) is 0 Å². The largest absolute Gasteiger partial charge is 0.393 e. The Morgan fingerprint density at radius 2 is 1.65 bits per heavy atom. The highest BCUT2D eigenvalue weighted by Gasteiger charge is 2.28. The zero-order valence-electron chi connectivity index (χ0n) is 13.6. The van der Waals surface area contributed by atoms with E-state index in [1.807, 2.05) is 0 Å². The van der Waals surface area contributed by atoms with E-state index < -0.39 is 29.9 Å². The fraction of sp³-hybridized carbons (Fsp3) is 0.769. The number of hydrogen-bond acceptors (Lipinski definition) is 5. The number of nitrogens with two attached hydrogens (primary N) is 2. The number of Topliss-reactive ketones (excluding diaryl/α,β-unsaturated/α-hetero) is 1. The summed E-state index contributed by atoms with van der Waals surface area (Å²) in [5.74, 6) is -2.25. The highest BCUT2D eigenvalue weighted by molar-refractivity contribution is 7.59. The lowest BCUT2D eigenvalue weighted by atomic mass is 9.95. The van der Waals surface area contributed by atoms with E-state index in [1.54, 1.807) is 0 Å². The van der Waals surface area contributed by atoms with E-state index in [4.69, 9.17) is 11.5 Å². The number of unbranched alkanes of at least 4 members (excludes halogenated alkanes) is 1. The minimum Gasteiger partial charge on any atom is -0.393 e. The van der Waals surface area contributed by atoms with E-state index in [1.165, 1.54) is 13.8 Å². The van der Waals surface area contributed by atoms with Crippen molar-refractivity contribution in [2.75, 3.05) is 6.54 Å². The summed E-state index contributed by atoms with van der Waals surface area (Å²) in [6.45, 7) is 3.27. The standard InChI is InChI=1S/C13H25N3O4.3H2S/c1-8(17)7-10(9(2)18)13(20)16-11(12(15)19)5-3-4-6-14;;;/h9-11,18H,3-7,14H2,1-2H3,(H2,15,19)(H,16,20);3*1H2/t9?,10-,11-;;;/m0.../s1. The summed E-state index contributed by atoms with van der Waals surface area (Å²) in [4.78, 5) is 34.4. The topological polar surface area (TPSA) is 136 Å². The molecular weight excluding hydrogens is 358 g/mol. The van der Waals surface area contributed by atoms with Gasteiger partial charge in [-0.2, -0.15) is 40.5 Å². The van der Waals surface area contributed by atoms with Gasteiger partial charge in [0.05, 0.1) is 12.0 Å². The molecule has 3 atom stereocenters. The van der Waals surface area contributed by atoms with Crippen molar-refractivity contribution in [3.63, 3.8) is 0 Å². The van der Waals surface area contributed by atoms with Crippen LogP contribution in [0, 0.1) is 5.92 Å². The third-order valence-corrected chi connectivity index (χ3v) is 3.03. The van der Waals surface area contributed by atoms with Crippen molar-refractivity contribution in [3.8, 4) is 0 Å². The number of aliphatic hydroxyl groups is 1. The highest BCUT2D eigenvalue weighted by atomic mass is 32.1. The van der Waals surface area contributed by atoms with E-state index in [-0.39, 0.29) is 52.7 Å². The summed E-state index contributed by atoms with van der Waals surface area (Å²) in [5, 5.41) is 12.0. The minimum absolute atomic E-state index is 0. The second kappa shape index (κ2) is 16.4. The molecule has 7 nitrogen and oxygen atoms in total. The summed E-state index contributed by atoms with van der Waals surface area (Å²) < 4.78 is 0. The maximum atomic E-state index is 12.0. The second-order valence-electron chi connectivity index (χ2n) is 5.00. The summed E-state index contributed by atoms with van der Waals surface area (Å²) in [7, 11) is 0. The average Bonchev–Trinajstić information content (AvgIpc) is 2.33. The molecule has 140 valence electrons. The molecule has 23 heavy (non-hydrogen) atoms. The van der Waals surface area contributed by atoms with Crippen molar-refractivity contribution < 1.29 is 19.5 Å². The Kier molecular flexibility index (Phi) is 21.8. The zero-order chi connectivity index (χ0) is 15.7. The van der Waals surface area contributed by atoms with Gasteiger partial charge in [0.2, 0.25) is 11.8 Å². The Labute approximate surface area is 158 Å². The molecule has 1 unspecified atom stereocenters. The second-order valence-corrected chi connectivity index (χ2v) is 5.00. The number of carbonyl (C=O) groups is 3. The van der Waals surface area contributed by atoms with Gasteiger partial charge >= 0.3 is 0 Å². The van der Waals surface area contributed by atoms with Crippen molar-refractivity contribution in [3.05, 3.63) is 0 Å². The van der Waals surface area contributed by atoms with Crippen molar-refractivity contribution in [1.82, 2.24) is 5.32 Å². The SMILES string of the molecule is CC(=O)C[C@H](C(=O)N[C@@H](CCCCN)C(N)=O)C(C)O.S.S.S. The van der Waals surface area contributed by atoms with Gasteiger partial charge in [0, 0.05) is 6.42 Å². The molecule has 0 saturated heterocycles. The van der Waals surface area contributed by atoms with Gasteiger partial charge in [0.25, 0.3) is 0 Å². The molecule has 0 aliphatic carbocycles. The van der Waals surface area contributed by atoms with Gasteiger partial charge in [-0.05, 0) is 39.7 Å². The number of primary amides is 1. The number of ketones is 1. The lowest BCUT2D eigenvalue weighted by molar-refractivity contribution is -0.135. The van der Waals surface area contributed by atoms with E-state index in [0.717, 1.165) is 6.42 Å². The van der Waals surface area contributed by atoms with Crippen LogP contribution in [0.5, 0.6) is 0 Å². The molecule has 0 aromatic carbocycles. The minimum atomic E-state index is -0.975. The van der Waals surface area contributed by atoms with Crippen LogP contribution in [-0.4, -0.2) is 41.4 Å². The predicted octanol–water partition coefficient (Wildman–Crippen LogP) is -0.600. The van der Waals surface area contributed by atoms with E-state index in [0.29, 0.717) is 19.4 Å². The molecule has 0 aromatic rings. The lowest BCUT2D eigenvalue weighted by Gasteiger charge is -2.22. The molecule has 10 heteroatoms. The van der Waals surface area contributed by atoms with Crippen molar-refractivity contribution in [2.45, 2.75) is 51.7 Å². The molecule has 0 heterocycles. The van der Waals surface area contributed by atoms with Gasteiger partial charge in [-0.1, -0.05) is 0 Å². The van der Waals surface area contributed by atoms with Gasteiger partial charge in [-0.15, -0.1) is 0 Å². The first kappa shape index (κ1) is 30.5. The summed E-state index contributed by atoms with van der Waals surface area (Å²) in [6.07, 6.45) is 0.739. The number of aliphatic hydroxyl groups excluding tert-OH is 1. The molecule has 0 aliphatic heterocycles. The van der Waals surface area contributed by atoms with Crippen LogP contribution in [-0.2, 0) is 14.4 Å². The van der Waals surface area contributed by atoms with Gasteiger partial charge in [0.15, 0.2) is 0 Å². The maximum Gasteiger partial charge on any atom is 0.239 e. The normalized spacial score (nSPS) is 13.2. The third-order valence-electron chi connectivity index (χ3n) is 3.03. The van der Waals surface area contributed by atoms with E-state index in [9.17, 15) is 19.5 Å². The molecule has 0 saturated carbocycles. The van der Waals surface area contributed by atoms with Crippen LogP contribution in [0.1, 0.15) is 39.5 Å². The van der Waals surface area contributed by atoms with Crippen molar-refractivity contribution >= 4 is 58.1 Å². The lowest BCUT2D eigenvalue weighted by Crippen LogP contribution is -2.48. The molecule has 0 bridgehead atoms. The van der Waals surface area contributed by atoms with Gasteiger partial charge in [-0.25, -0.2) is 0 Å². The summed E-state index contributed by atoms with van der Waals surface area (Å²) in [5.41, 5.74) is 10.6. The molecule has 0 spiro atoms. The number of hydrogen-bond donors (Lipinski definition) is 4. The van der Waals surface area contributed by atoms with E-state index in [2.05, 4.69) is 5.32 Å². The Bertz CT molecular complexity index is 357. The zero-order valence-corrected chi connectivity index (χ0v) is 16.6. The average molecular weight is 390 g/mol. The Balaban J connectivity index is -0.000000602. The van der Waals surface area contributed by atoms with Gasteiger partial charge in [-0.3, -0.25) is 9.59 Å². The summed E-state index contributed by atoms with van der Waals surface area (Å²) >= 11 is 0. The van der Waals surface area contributed by atoms with Crippen LogP contribution in [0.3, 0.4) is 0 Å². The van der Waals surface area contributed by atoms with Crippen molar-refractivity contribution in [1.29, 1.82) is 0 Å². The first-order valence-electron chi connectivity index (χ1n) is 6.76. The van der Waals surface area contributed by atoms with Gasteiger partial charge in [0.1, 0.15) is 11.8 Å². The molecule has 6 N–H and O–H groups in total. The number of amides is 2. The molecular formula is C13H31N3O4S3. The van der Waals surface area contributed by atoms with Crippen LogP contribution >= 0.6 is 40.5 Å². The van der Waals surface area contributed by atoms with Gasteiger partial charge < -0.3 is 26.7 Å².